The molecule has 2 atom stereocenters. The van der Waals surface area contributed by atoms with Gasteiger partial charge in [-0.1, -0.05) is 60.7 Å². The average molecular weight is 564 g/mol. The lowest BCUT2D eigenvalue weighted by atomic mass is 9.97. The smallest absolute Gasteiger partial charge is 0.241 e. The summed E-state index contributed by atoms with van der Waals surface area (Å²) in [5.74, 6) is -0.119. The molecule has 39 heavy (non-hydrogen) atoms. The summed E-state index contributed by atoms with van der Waals surface area (Å²) in [6.07, 6.45) is 1.62. The molecule has 0 saturated carbocycles. The third-order valence-electron chi connectivity index (χ3n) is 6.42. The van der Waals surface area contributed by atoms with Gasteiger partial charge in [0.15, 0.2) is 0 Å². The lowest BCUT2D eigenvalue weighted by Gasteiger charge is -2.33. The Morgan fingerprint density at radius 2 is 1.77 bits per heavy atom. The van der Waals surface area contributed by atoms with Crippen molar-refractivity contribution < 1.29 is 22.3 Å². The first-order valence-electron chi connectivity index (χ1n) is 11.9. The van der Waals surface area contributed by atoms with Gasteiger partial charge in [0.1, 0.15) is 11.1 Å². The molecule has 12 heteroatoms. The molecule has 0 bridgehead atoms. The van der Waals surface area contributed by atoms with Gasteiger partial charge in [-0.05, 0) is 41.3 Å². The van der Waals surface area contributed by atoms with Gasteiger partial charge in [-0.15, -0.1) is 10.8 Å². The summed E-state index contributed by atoms with van der Waals surface area (Å²) in [5, 5.41) is 8.87. The molecule has 2 heterocycles. The van der Waals surface area contributed by atoms with E-state index in [1.54, 1.807) is 42.6 Å². The molecule has 5 N–H and O–H groups in total. The summed E-state index contributed by atoms with van der Waals surface area (Å²) < 4.78 is 52.0. The number of benzene rings is 3. The van der Waals surface area contributed by atoms with Crippen LogP contribution in [0.15, 0.2) is 90.0 Å². The van der Waals surface area contributed by atoms with Crippen LogP contribution in [0.2, 0.25) is 0 Å². The summed E-state index contributed by atoms with van der Waals surface area (Å²) in [7, 11) is -7.36. The maximum Gasteiger partial charge on any atom is 0.241 e. The molecular formula is C27H25N5O5S2. The van der Waals surface area contributed by atoms with Crippen LogP contribution in [0.4, 0.5) is 0 Å². The maximum atomic E-state index is 13.2. The van der Waals surface area contributed by atoms with Crippen LogP contribution < -0.4 is 9.44 Å². The summed E-state index contributed by atoms with van der Waals surface area (Å²) in [6, 6.07) is 23.5. The number of nitriles is 1. The van der Waals surface area contributed by atoms with Gasteiger partial charge in [-0.2, -0.15) is 5.26 Å². The molecule has 1 aliphatic rings. The highest BCUT2D eigenvalue weighted by Gasteiger charge is 2.39. The van der Waals surface area contributed by atoms with Crippen LogP contribution in [0, 0.1) is 11.3 Å². The van der Waals surface area contributed by atoms with Crippen molar-refractivity contribution in [2.45, 2.75) is 29.0 Å². The fourth-order valence-electron chi connectivity index (χ4n) is 4.52. The van der Waals surface area contributed by atoms with Crippen LogP contribution in [0.5, 0.6) is 0 Å². The van der Waals surface area contributed by atoms with Crippen molar-refractivity contribution in [2.24, 2.45) is 0 Å². The molecule has 0 spiro atoms. The van der Waals surface area contributed by atoms with Crippen LogP contribution in [-0.4, -0.2) is 33.4 Å². The number of nitrogens with zero attached hydrogens (tertiary/aromatic N) is 2. The van der Waals surface area contributed by atoms with Crippen LogP contribution in [0.1, 0.15) is 40.2 Å². The highest BCUT2D eigenvalue weighted by Crippen LogP contribution is 2.56. The van der Waals surface area contributed by atoms with E-state index in [1.807, 2.05) is 30.3 Å². The Bertz CT molecular complexity index is 1650. The second-order valence-electron chi connectivity index (χ2n) is 9.08. The van der Waals surface area contributed by atoms with Crippen LogP contribution in [0.3, 0.4) is 0 Å². The van der Waals surface area contributed by atoms with Gasteiger partial charge in [0.2, 0.25) is 15.9 Å². The Morgan fingerprint density at radius 1 is 1.08 bits per heavy atom. The number of hydrogen-bond acceptors (Lipinski definition) is 7. The molecule has 3 aromatic carbocycles. The minimum atomic E-state index is -3.93. The van der Waals surface area contributed by atoms with E-state index in [9.17, 15) is 27.6 Å². The maximum absolute atomic E-state index is 13.2. The Balaban J connectivity index is 1.49. The molecule has 1 saturated heterocycles. The van der Waals surface area contributed by atoms with E-state index in [1.165, 1.54) is 12.1 Å². The lowest BCUT2D eigenvalue weighted by Crippen LogP contribution is -2.31. The van der Waals surface area contributed by atoms with E-state index in [4.69, 9.17) is 0 Å². The number of sulfonamides is 1. The highest BCUT2D eigenvalue weighted by atomic mass is 32.3. The zero-order valence-corrected chi connectivity index (χ0v) is 22.1. The first kappa shape index (κ1) is 26.6. The minimum absolute atomic E-state index is 0.0986. The second kappa shape index (κ2) is 10.6. The summed E-state index contributed by atoms with van der Waals surface area (Å²) in [5.41, 5.74) is 2.72. The Hall–Kier alpha value is -3.99. The zero-order chi connectivity index (χ0) is 27.6. The van der Waals surface area contributed by atoms with Crippen molar-refractivity contribution in [3.05, 3.63) is 108 Å². The van der Waals surface area contributed by atoms with Crippen molar-refractivity contribution in [1.29, 1.82) is 5.26 Å². The molecule has 1 unspecified atom stereocenters. The molecule has 1 aliphatic heterocycles. The van der Waals surface area contributed by atoms with Crippen LogP contribution in [-0.2, 0) is 21.2 Å². The number of aromatic amines is 1. The number of nitrogens with one attached hydrogen (secondary N) is 3. The molecule has 0 radical (unpaired) electrons. The first-order valence-corrected chi connectivity index (χ1v) is 15.0. The predicted molar refractivity (Wildman–Crippen MR) is 147 cm³/mol. The number of carbonyl (C=O) groups excluding carboxylic acids is 1. The lowest BCUT2D eigenvalue weighted by molar-refractivity contribution is -0.118. The molecule has 200 valence electrons. The van der Waals surface area contributed by atoms with Crippen molar-refractivity contribution >= 4 is 26.7 Å². The normalized spacial score (nSPS) is 18.2. The number of aromatic nitrogens is 2. The monoisotopic (exact) mass is 563 g/mol. The highest BCUT2D eigenvalue weighted by molar-refractivity contribution is 8.23. The van der Waals surface area contributed by atoms with E-state index in [0.717, 1.165) is 5.56 Å². The minimum Gasteiger partial charge on any atom is -0.341 e. The van der Waals surface area contributed by atoms with Gasteiger partial charge in [-0.25, -0.2) is 18.1 Å². The number of imidazole rings is 1. The van der Waals surface area contributed by atoms with Crippen molar-refractivity contribution in [3.8, 4) is 17.3 Å². The third-order valence-corrected chi connectivity index (χ3v) is 9.65. The van der Waals surface area contributed by atoms with Gasteiger partial charge in [-0.3, -0.25) is 18.6 Å². The summed E-state index contributed by atoms with van der Waals surface area (Å²) in [4.78, 5) is 19.6. The van der Waals surface area contributed by atoms with E-state index < -0.39 is 38.0 Å². The molecule has 4 aromatic rings. The van der Waals surface area contributed by atoms with Crippen LogP contribution in [0.25, 0.3) is 11.3 Å². The topological polar surface area (TPSA) is 168 Å². The number of rotatable bonds is 8. The molecule has 1 aromatic heterocycles. The fourth-order valence-corrected chi connectivity index (χ4v) is 7.25. The van der Waals surface area contributed by atoms with Crippen molar-refractivity contribution in [3.63, 3.8) is 0 Å². The number of carbonyl (C=O) groups is 1. The van der Waals surface area contributed by atoms with Gasteiger partial charge >= 0.3 is 0 Å². The van der Waals surface area contributed by atoms with E-state index in [-0.39, 0.29) is 23.3 Å². The summed E-state index contributed by atoms with van der Waals surface area (Å²) in [6.45, 7) is 0. The van der Waals surface area contributed by atoms with Gasteiger partial charge in [0.05, 0.1) is 40.9 Å². The SMILES string of the molecule is N#Cc1cc(C[C@H](NS(=O)(=O)c2ccccc2)c2ncc(-c3ccccc3)[nH]2)ccc1C1CC(=O)NS1(O)O. The number of H-pyrrole nitrogens is 1. The number of amides is 1. The van der Waals surface area contributed by atoms with E-state index in [0.29, 0.717) is 22.6 Å². The fraction of sp³-hybridized carbons (Fsp3) is 0.148. The second-order valence-corrected chi connectivity index (χ2v) is 12.8. The third kappa shape index (κ3) is 5.73. The number of hydrogen-bond donors (Lipinski definition) is 5. The predicted octanol–water partition coefficient (Wildman–Crippen LogP) is 4.44. The largest absolute Gasteiger partial charge is 0.341 e. The first-order chi connectivity index (χ1) is 18.7. The molecule has 1 fully saturated rings. The van der Waals surface area contributed by atoms with Gasteiger partial charge in [0.25, 0.3) is 0 Å². The molecule has 0 aliphatic carbocycles. The summed E-state index contributed by atoms with van der Waals surface area (Å²) >= 11 is 0. The Morgan fingerprint density at radius 3 is 2.41 bits per heavy atom. The Kier molecular flexibility index (Phi) is 7.26. The molecular weight excluding hydrogens is 538 g/mol. The molecule has 5 rings (SSSR count). The molecule has 10 nitrogen and oxygen atoms in total. The zero-order valence-electron chi connectivity index (χ0n) is 20.5. The molecule has 1 amide bonds. The van der Waals surface area contributed by atoms with E-state index >= 15 is 0 Å². The van der Waals surface area contributed by atoms with Crippen molar-refractivity contribution in [2.75, 3.05) is 0 Å². The van der Waals surface area contributed by atoms with Crippen molar-refractivity contribution in [1.82, 2.24) is 19.4 Å². The Labute approximate surface area is 227 Å². The quantitative estimate of drug-likeness (QED) is 0.211. The van der Waals surface area contributed by atoms with Gasteiger partial charge < -0.3 is 4.98 Å². The van der Waals surface area contributed by atoms with Gasteiger partial charge in [0, 0.05) is 0 Å². The van der Waals surface area contributed by atoms with E-state index in [2.05, 4.69) is 25.5 Å². The standard InChI is InChI=1S/C27H25N5O5S2/c28-16-20-13-18(11-12-22(20)25-15-26(33)32-39(25,36)37)14-23(31-38(34,35)21-9-5-2-6-10-21)27-29-17-24(30-27)19-7-3-1-4-8-19/h1-13,17,23,25,31,36-37H,14-15H2,(H,29,30)(H,32,33)/t23-,25?/m0/s1. The average Bonchev–Trinajstić information content (AvgIpc) is 3.53. The van der Waals surface area contributed by atoms with Crippen LogP contribution >= 0.6 is 10.8 Å².